The molecule has 0 spiro atoms. The molecule has 1 fully saturated rings. The molecule has 4 atom stereocenters. The van der Waals surface area contributed by atoms with Crippen LogP contribution in [0.5, 0.6) is 0 Å². The lowest BCUT2D eigenvalue weighted by molar-refractivity contribution is -0.150. The topological polar surface area (TPSA) is 83.6 Å². The Labute approximate surface area is 112 Å². The smallest absolute Gasteiger partial charge is 0.327 e. The number of aliphatic carboxylic acids is 1. The molecule has 3 N–H and O–H groups in total. The van der Waals surface area contributed by atoms with E-state index in [1.807, 2.05) is 20.8 Å². The van der Waals surface area contributed by atoms with E-state index in [0.717, 1.165) is 12.8 Å². The van der Waals surface area contributed by atoms with E-state index in [1.54, 1.807) is 0 Å². The standard InChI is InChI=1S/C12H22N2O3S/c1-4-7(3)10(13)11(15)14-8(12(16)17)6-18-9(14)5-2/h7-10H,4-6,13H2,1-3H3,(H,16,17)/t7?,8?,9?,10-/m0/s1. The molecule has 18 heavy (non-hydrogen) atoms. The zero-order chi connectivity index (χ0) is 13.9. The van der Waals surface area contributed by atoms with Crippen LogP contribution in [-0.4, -0.2) is 45.1 Å². The lowest BCUT2D eigenvalue weighted by atomic mass is 9.98. The molecular formula is C12H22N2O3S. The number of thioether (sulfide) groups is 1. The molecule has 1 heterocycles. The van der Waals surface area contributed by atoms with Crippen LogP contribution >= 0.6 is 11.8 Å². The minimum Gasteiger partial charge on any atom is -0.480 e. The minimum absolute atomic E-state index is 0.0614. The third kappa shape index (κ3) is 2.98. The summed E-state index contributed by atoms with van der Waals surface area (Å²) >= 11 is 1.52. The van der Waals surface area contributed by atoms with Crippen LogP contribution < -0.4 is 5.73 Å². The van der Waals surface area contributed by atoms with Crippen LogP contribution in [0.1, 0.15) is 33.6 Å². The third-order valence-electron chi connectivity index (χ3n) is 3.52. The first-order valence-electron chi connectivity index (χ1n) is 6.36. The predicted octanol–water partition coefficient (Wildman–Crippen LogP) is 1.12. The normalized spacial score (nSPS) is 27.0. The lowest BCUT2D eigenvalue weighted by Gasteiger charge is -2.31. The van der Waals surface area contributed by atoms with E-state index >= 15 is 0 Å². The molecule has 1 aliphatic rings. The first-order chi connectivity index (χ1) is 8.43. The number of rotatable bonds is 5. The highest BCUT2D eigenvalue weighted by atomic mass is 32.2. The number of nitrogens with two attached hydrogens (primary N) is 1. The van der Waals surface area contributed by atoms with Crippen LogP contribution in [0, 0.1) is 5.92 Å². The van der Waals surface area contributed by atoms with Gasteiger partial charge in [-0.1, -0.05) is 27.2 Å². The predicted molar refractivity (Wildman–Crippen MR) is 72.2 cm³/mol. The van der Waals surface area contributed by atoms with E-state index in [-0.39, 0.29) is 17.2 Å². The number of amides is 1. The molecule has 1 aliphatic heterocycles. The maximum absolute atomic E-state index is 12.4. The Hall–Kier alpha value is -0.750. The molecule has 104 valence electrons. The average molecular weight is 274 g/mol. The Morgan fingerprint density at radius 2 is 2.11 bits per heavy atom. The van der Waals surface area contributed by atoms with Crippen molar-refractivity contribution in [2.75, 3.05) is 5.75 Å². The van der Waals surface area contributed by atoms with Gasteiger partial charge in [-0.2, -0.15) is 0 Å². The zero-order valence-corrected chi connectivity index (χ0v) is 11.9. The zero-order valence-electron chi connectivity index (χ0n) is 11.1. The molecule has 0 saturated carbocycles. The van der Waals surface area contributed by atoms with Gasteiger partial charge < -0.3 is 15.7 Å². The third-order valence-corrected chi connectivity index (χ3v) is 4.98. The Morgan fingerprint density at radius 3 is 2.56 bits per heavy atom. The first-order valence-corrected chi connectivity index (χ1v) is 7.41. The van der Waals surface area contributed by atoms with Gasteiger partial charge in [0.05, 0.1) is 11.4 Å². The van der Waals surface area contributed by atoms with Gasteiger partial charge in [-0.25, -0.2) is 4.79 Å². The fraction of sp³-hybridized carbons (Fsp3) is 0.833. The number of carbonyl (C=O) groups is 2. The fourth-order valence-electron chi connectivity index (χ4n) is 2.03. The second kappa shape index (κ2) is 6.43. The van der Waals surface area contributed by atoms with Gasteiger partial charge in [0.25, 0.3) is 0 Å². The van der Waals surface area contributed by atoms with E-state index in [2.05, 4.69) is 0 Å². The van der Waals surface area contributed by atoms with E-state index in [9.17, 15) is 14.7 Å². The van der Waals surface area contributed by atoms with Crippen LogP contribution in [0.2, 0.25) is 0 Å². The molecule has 0 aromatic heterocycles. The van der Waals surface area contributed by atoms with Crippen LogP contribution in [0.25, 0.3) is 0 Å². The van der Waals surface area contributed by atoms with Crippen molar-refractivity contribution in [1.29, 1.82) is 0 Å². The van der Waals surface area contributed by atoms with Crippen LogP contribution in [-0.2, 0) is 9.59 Å². The van der Waals surface area contributed by atoms with Gasteiger partial charge in [-0.15, -0.1) is 11.8 Å². The van der Waals surface area contributed by atoms with Gasteiger partial charge in [-0.05, 0) is 12.3 Å². The number of hydrogen-bond acceptors (Lipinski definition) is 4. The highest BCUT2D eigenvalue weighted by Gasteiger charge is 2.42. The number of carbonyl (C=O) groups excluding carboxylic acids is 1. The van der Waals surface area contributed by atoms with Gasteiger partial charge >= 0.3 is 5.97 Å². The highest BCUT2D eigenvalue weighted by Crippen LogP contribution is 2.32. The molecule has 1 rings (SSSR count). The molecule has 6 heteroatoms. The van der Waals surface area contributed by atoms with Crippen molar-refractivity contribution in [1.82, 2.24) is 4.90 Å². The molecule has 0 aromatic carbocycles. The number of carboxylic acid groups (broad SMARTS) is 1. The second-order valence-electron chi connectivity index (χ2n) is 4.71. The molecule has 5 nitrogen and oxygen atoms in total. The number of carboxylic acids is 1. The Kier molecular flexibility index (Phi) is 5.47. The molecule has 3 unspecified atom stereocenters. The summed E-state index contributed by atoms with van der Waals surface area (Å²) in [5.74, 6) is -0.654. The quantitative estimate of drug-likeness (QED) is 0.785. The Morgan fingerprint density at radius 1 is 1.50 bits per heavy atom. The van der Waals surface area contributed by atoms with E-state index in [4.69, 9.17) is 5.73 Å². The van der Waals surface area contributed by atoms with E-state index in [0.29, 0.717) is 5.75 Å². The van der Waals surface area contributed by atoms with Gasteiger partial charge in [0.1, 0.15) is 6.04 Å². The van der Waals surface area contributed by atoms with Crippen LogP contribution in [0.4, 0.5) is 0 Å². The molecule has 0 bridgehead atoms. The van der Waals surface area contributed by atoms with E-state index in [1.165, 1.54) is 16.7 Å². The summed E-state index contributed by atoms with van der Waals surface area (Å²) in [4.78, 5) is 25.0. The SMILES string of the molecule is CCC(C)[C@H](N)C(=O)N1C(CC)SCC1C(=O)O. The summed E-state index contributed by atoms with van der Waals surface area (Å²) < 4.78 is 0. The van der Waals surface area contributed by atoms with Crippen molar-refractivity contribution in [3.8, 4) is 0 Å². The van der Waals surface area contributed by atoms with Crippen molar-refractivity contribution >= 4 is 23.6 Å². The van der Waals surface area contributed by atoms with Crippen molar-refractivity contribution < 1.29 is 14.7 Å². The minimum atomic E-state index is -0.942. The number of nitrogens with zero attached hydrogens (tertiary/aromatic N) is 1. The average Bonchev–Trinajstić information content (AvgIpc) is 2.79. The molecule has 0 aromatic rings. The molecule has 1 amide bonds. The monoisotopic (exact) mass is 274 g/mol. The molecule has 0 aliphatic carbocycles. The highest BCUT2D eigenvalue weighted by molar-refractivity contribution is 8.00. The molecule has 0 radical (unpaired) electrons. The summed E-state index contributed by atoms with van der Waals surface area (Å²) in [6, 6.07) is -1.34. The van der Waals surface area contributed by atoms with Crippen LogP contribution in [0.3, 0.4) is 0 Å². The Bertz CT molecular complexity index is 324. The summed E-state index contributed by atoms with van der Waals surface area (Å²) in [6.07, 6.45) is 1.55. The Balaban J connectivity index is 2.87. The van der Waals surface area contributed by atoms with Crippen molar-refractivity contribution in [3.63, 3.8) is 0 Å². The largest absolute Gasteiger partial charge is 0.480 e. The van der Waals surface area contributed by atoms with E-state index < -0.39 is 18.1 Å². The maximum atomic E-state index is 12.4. The second-order valence-corrected chi connectivity index (χ2v) is 5.92. The molecule has 1 saturated heterocycles. The summed E-state index contributed by atoms with van der Waals surface area (Å²) in [6.45, 7) is 5.85. The molecular weight excluding hydrogens is 252 g/mol. The fourth-order valence-corrected chi connectivity index (χ4v) is 3.39. The number of hydrogen-bond donors (Lipinski definition) is 2. The summed E-state index contributed by atoms with van der Waals surface area (Å²) in [7, 11) is 0. The van der Waals surface area contributed by atoms with Crippen molar-refractivity contribution in [3.05, 3.63) is 0 Å². The summed E-state index contributed by atoms with van der Waals surface area (Å²) in [5, 5.41) is 9.11. The summed E-state index contributed by atoms with van der Waals surface area (Å²) in [5.41, 5.74) is 5.94. The van der Waals surface area contributed by atoms with Gasteiger partial charge in [0, 0.05) is 5.75 Å². The van der Waals surface area contributed by atoms with Crippen molar-refractivity contribution in [2.24, 2.45) is 11.7 Å². The van der Waals surface area contributed by atoms with Gasteiger partial charge in [0.15, 0.2) is 0 Å². The lowest BCUT2D eigenvalue weighted by Crippen LogP contribution is -2.53. The van der Waals surface area contributed by atoms with Gasteiger partial charge in [0.2, 0.25) is 5.91 Å². The first kappa shape index (κ1) is 15.3. The van der Waals surface area contributed by atoms with Crippen LogP contribution in [0.15, 0.2) is 0 Å². The van der Waals surface area contributed by atoms with Crippen molar-refractivity contribution in [2.45, 2.75) is 51.1 Å². The van der Waals surface area contributed by atoms with Gasteiger partial charge in [-0.3, -0.25) is 4.79 Å². The maximum Gasteiger partial charge on any atom is 0.327 e.